The minimum absolute atomic E-state index is 0.0138. The number of aromatic carboxylic acids is 1. The first-order valence-electron chi connectivity index (χ1n) is 5.47. The van der Waals surface area contributed by atoms with Gasteiger partial charge in [-0.3, -0.25) is 0 Å². The molecule has 1 aromatic carbocycles. The lowest BCUT2D eigenvalue weighted by atomic mass is 10.1. The number of carboxylic acids is 1. The minimum atomic E-state index is -1.00. The quantitative estimate of drug-likeness (QED) is 0.716. The molecule has 1 atom stereocenters. The second kappa shape index (κ2) is 7.35. The van der Waals surface area contributed by atoms with Gasteiger partial charge in [-0.1, -0.05) is 15.9 Å². The van der Waals surface area contributed by atoms with Crippen molar-refractivity contribution in [2.45, 2.75) is 12.5 Å². The molecule has 3 N–H and O–H groups in total. The number of methoxy groups -OCH3 is 1. The van der Waals surface area contributed by atoms with Crippen LogP contribution in [-0.4, -0.2) is 42.5 Å². The van der Waals surface area contributed by atoms with E-state index in [-0.39, 0.29) is 18.2 Å². The Balaban J connectivity index is 2.90. The summed E-state index contributed by atoms with van der Waals surface area (Å²) in [6, 6.07) is 4.86. The molecule has 0 aromatic heterocycles. The number of hydrogen-bond donors (Lipinski definition) is 3. The summed E-state index contributed by atoms with van der Waals surface area (Å²) in [5.74, 6) is -1.00. The molecule has 5 nitrogen and oxygen atoms in total. The van der Waals surface area contributed by atoms with Crippen molar-refractivity contribution in [3.63, 3.8) is 0 Å². The van der Waals surface area contributed by atoms with Gasteiger partial charge in [0.2, 0.25) is 0 Å². The largest absolute Gasteiger partial charge is 0.478 e. The highest BCUT2D eigenvalue weighted by Crippen LogP contribution is 2.22. The van der Waals surface area contributed by atoms with Gasteiger partial charge in [-0.15, -0.1) is 0 Å². The zero-order valence-electron chi connectivity index (χ0n) is 10.0. The van der Waals surface area contributed by atoms with Gasteiger partial charge in [0.15, 0.2) is 0 Å². The van der Waals surface area contributed by atoms with Crippen molar-refractivity contribution in [1.82, 2.24) is 0 Å². The molecule has 6 heteroatoms. The standard InChI is InChI=1S/C12H16BrNO4/c1-18-7-9(4-5-15)14-11-3-2-8(13)6-10(11)12(16)17/h2-3,6,9,14-15H,4-5,7H2,1H3,(H,16,17). The monoisotopic (exact) mass is 317 g/mol. The SMILES string of the molecule is COCC(CCO)Nc1ccc(Br)cc1C(=O)O. The van der Waals surface area contributed by atoms with E-state index in [0.717, 1.165) is 0 Å². The molecule has 100 valence electrons. The molecule has 0 fully saturated rings. The van der Waals surface area contributed by atoms with Gasteiger partial charge < -0.3 is 20.3 Å². The van der Waals surface area contributed by atoms with Crippen LogP contribution >= 0.6 is 15.9 Å². The summed E-state index contributed by atoms with van der Waals surface area (Å²) in [7, 11) is 1.56. The first-order valence-corrected chi connectivity index (χ1v) is 6.27. The lowest BCUT2D eigenvalue weighted by Gasteiger charge is -2.19. The van der Waals surface area contributed by atoms with Crippen molar-refractivity contribution in [2.24, 2.45) is 0 Å². The molecule has 0 saturated heterocycles. The molecule has 0 aliphatic carbocycles. The van der Waals surface area contributed by atoms with Crippen LogP contribution in [0.3, 0.4) is 0 Å². The van der Waals surface area contributed by atoms with Crippen LogP contribution in [0.4, 0.5) is 5.69 Å². The molecule has 0 aliphatic heterocycles. The zero-order valence-corrected chi connectivity index (χ0v) is 11.6. The van der Waals surface area contributed by atoms with Gasteiger partial charge in [0.05, 0.1) is 18.2 Å². The third-order valence-electron chi connectivity index (χ3n) is 2.42. The molecule has 0 radical (unpaired) electrons. The van der Waals surface area contributed by atoms with Crippen LogP contribution in [0.25, 0.3) is 0 Å². The molecule has 0 saturated carbocycles. The average molecular weight is 318 g/mol. The van der Waals surface area contributed by atoms with E-state index in [1.165, 1.54) is 6.07 Å². The van der Waals surface area contributed by atoms with E-state index in [2.05, 4.69) is 21.2 Å². The van der Waals surface area contributed by atoms with Crippen molar-refractivity contribution in [1.29, 1.82) is 0 Å². The number of benzene rings is 1. The zero-order chi connectivity index (χ0) is 13.5. The van der Waals surface area contributed by atoms with Crippen LogP contribution in [0.1, 0.15) is 16.8 Å². The second-order valence-corrected chi connectivity index (χ2v) is 4.72. The highest BCUT2D eigenvalue weighted by atomic mass is 79.9. The summed E-state index contributed by atoms with van der Waals surface area (Å²) >= 11 is 3.24. The fourth-order valence-corrected chi connectivity index (χ4v) is 1.95. The smallest absolute Gasteiger partial charge is 0.337 e. The van der Waals surface area contributed by atoms with Crippen molar-refractivity contribution in [2.75, 3.05) is 25.6 Å². The predicted molar refractivity (Wildman–Crippen MR) is 72.1 cm³/mol. The summed E-state index contributed by atoms with van der Waals surface area (Å²) in [5, 5.41) is 21.1. The topological polar surface area (TPSA) is 78.8 Å². The fourth-order valence-electron chi connectivity index (χ4n) is 1.59. The van der Waals surface area contributed by atoms with E-state index in [4.69, 9.17) is 14.9 Å². The Kier molecular flexibility index (Phi) is 6.11. The Morgan fingerprint density at radius 1 is 1.56 bits per heavy atom. The van der Waals surface area contributed by atoms with Gasteiger partial charge in [0, 0.05) is 23.9 Å². The number of carbonyl (C=O) groups is 1. The number of hydrogen-bond acceptors (Lipinski definition) is 4. The fraction of sp³-hybridized carbons (Fsp3) is 0.417. The number of rotatable bonds is 7. The molecular formula is C12H16BrNO4. The normalized spacial score (nSPS) is 12.2. The van der Waals surface area contributed by atoms with Gasteiger partial charge in [-0.05, 0) is 24.6 Å². The molecule has 0 amide bonds. The lowest BCUT2D eigenvalue weighted by molar-refractivity contribution is 0.0697. The van der Waals surface area contributed by atoms with Crippen LogP contribution < -0.4 is 5.32 Å². The molecule has 1 aromatic rings. The third kappa shape index (κ3) is 4.29. The lowest BCUT2D eigenvalue weighted by Crippen LogP contribution is -2.27. The minimum Gasteiger partial charge on any atom is -0.478 e. The predicted octanol–water partition coefficient (Wildman–Crippen LogP) is 1.96. The van der Waals surface area contributed by atoms with Gasteiger partial charge in [0.25, 0.3) is 0 Å². The molecule has 1 unspecified atom stereocenters. The van der Waals surface area contributed by atoms with Crippen molar-refractivity contribution >= 4 is 27.6 Å². The van der Waals surface area contributed by atoms with E-state index in [1.54, 1.807) is 19.2 Å². The second-order valence-electron chi connectivity index (χ2n) is 3.80. The summed E-state index contributed by atoms with van der Waals surface area (Å²) in [6.07, 6.45) is 0.489. The Labute approximate surface area is 114 Å². The van der Waals surface area contributed by atoms with E-state index >= 15 is 0 Å². The number of nitrogens with one attached hydrogen (secondary N) is 1. The molecular weight excluding hydrogens is 302 g/mol. The van der Waals surface area contributed by atoms with Gasteiger partial charge in [-0.2, -0.15) is 0 Å². The van der Waals surface area contributed by atoms with Crippen LogP contribution in [0.5, 0.6) is 0 Å². The highest BCUT2D eigenvalue weighted by Gasteiger charge is 2.14. The summed E-state index contributed by atoms with van der Waals surface area (Å²) in [4.78, 5) is 11.1. The summed E-state index contributed by atoms with van der Waals surface area (Å²) in [6.45, 7) is 0.412. The van der Waals surface area contributed by atoms with Gasteiger partial charge in [0.1, 0.15) is 0 Å². The maximum atomic E-state index is 11.1. The van der Waals surface area contributed by atoms with Crippen molar-refractivity contribution < 1.29 is 19.7 Å². The van der Waals surface area contributed by atoms with Crippen molar-refractivity contribution in [3.05, 3.63) is 28.2 Å². The van der Waals surface area contributed by atoms with Gasteiger partial charge in [-0.25, -0.2) is 4.79 Å². The molecule has 0 bridgehead atoms. The summed E-state index contributed by atoms with van der Waals surface area (Å²) < 4.78 is 5.73. The Morgan fingerprint density at radius 3 is 2.83 bits per heavy atom. The molecule has 1 rings (SSSR count). The number of anilines is 1. The molecule has 0 spiro atoms. The van der Waals surface area contributed by atoms with Crippen LogP contribution in [-0.2, 0) is 4.74 Å². The molecule has 0 heterocycles. The average Bonchev–Trinajstić information content (AvgIpc) is 2.32. The first-order chi connectivity index (χ1) is 8.58. The number of halogens is 1. The van der Waals surface area contributed by atoms with Crippen LogP contribution in [0, 0.1) is 0 Å². The van der Waals surface area contributed by atoms with Gasteiger partial charge >= 0.3 is 5.97 Å². The number of aliphatic hydroxyl groups is 1. The van der Waals surface area contributed by atoms with E-state index in [9.17, 15) is 4.79 Å². The Hall–Kier alpha value is -1.11. The number of carboxylic acid groups (broad SMARTS) is 1. The van der Waals surface area contributed by atoms with E-state index in [0.29, 0.717) is 23.2 Å². The summed E-state index contributed by atoms with van der Waals surface area (Å²) in [5.41, 5.74) is 0.699. The maximum Gasteiger partial charge on any atom is 0.337 e. The van der Waals surface area contributed by atoms with E-state index in [1.807, 2.05) is 0 Å². The van der Waals surface area contributed by atoms with E-state index < -0.39 is 5.97 Å². The van der Waals surface area contributed by atoms with Crippen molar-refractivity contribution in [3.8, 4) is 0 Å². The molecule has 0 aliphatic rings. The highest BCUT2D eigenvalue weighted by molar-refractivity contribution is 9.10. The maximum absolute atomic E-state index is 11.1. The first kappa shape index (κ1) is 14.9. The number of ether oxygens (including phenoxy) is 1. The van der Waals surface area contributed by atoms with Crippen LogP contribution in [0.15, 0.2) is 22.7 Å². The third-order valence-corrected chi connectivity index (χ3v) is 2.91. The Bertz CT molecular complexity index is 405. The van der Waals surface area contributed by atoms with Crippen LogP contribution in [0.2, 0.25) is 0 Å². The Morgan fingerprint density at radius 2 is 2.28 bits per heavy atom. The molecule has 18 heavy (non-hydrogen) atoms. The number of aliphatic hydroxyl groups excluding tert-OH is 1.